The number of benzene rings is 1. The molecule has 1 aliphatic rings. The first-order valence-corrected chi connectivity index (χ1v) is 9.00. The van der Waals surface area contributed by atoms with E-state index in [1.54, 1.807) is 6.07 Å². The molecule has 2 heterocycles. The fourth-order valence-corrected chi connectivity index (χ4v) is 3.40. The van der Waals surface area contributed by atoms with Gasteiger partial charge in [0.05, 0.1) is 4.92 Å². The molecule has 136 valence electrons. The van der Waals surface area contributed by atoms with Gasteiger partial charge in [0.15, 0.2) is 5.16 Å². The van der Waals surface area contributed by atoms with Crippen molar-refractivity contribution in [3.63, 3.8) is 0 Å². The van der Waals surface area contributed by atoms with E-state index in [0.29, 0.717) is 5.16 Å². The number of thioether (sulfide) groups is 1. The van der Waals surface area contributed by atoms with Crippen LogP contribution in [-0.2, 0) is 0 Å². The summed E-state index contributed by atoms with van der Waals surface area (Å²) in [4.78, 5) is 36.1. The standard InChI is InChI=1S/C17H19N5O3S/c1-12-10-15(21-8-6-20(2)7-9-21)19-17(18-12)26-16(23)13-4-3-5-14(11-13)22(24)25/h3-5,10-11H,6-9H2,1-2H3. The topological polar surface area (TPSA) is 92.5 Å². The van der Waals surface area contributed by atoms with Crippen molar-refractivity contribution < 1.29 is 9.72 Å². The van der Waals surface area contributed by atoms with Crippen LogP contribution in [0.3, 0.4) is 0 Å². The average Bonchev–Trinajstić information content (AvgIpc) is 2.62. The smallest absolute Gasteiger partial charge is 0.270 e. The minimum Gasteiger partial charge on any atom is -0.354 e. The molecule has 0 radical (unpaired) electrons. The molecule has 0 N–H and O–H groups in total. The van der Waals surface area contributed by atoms with Crippen molar-refractivity contribution in [3.8, 4) is 0 Å². The number of anilines is 1. The molecular weight excluding hydrogens is 354 g/mol. The number of hydrogen-bond donors (Lipinski definition) is 0. The number of carbonyl (C=O) groups excluding carboxylic acids is 1. The second-order valence-electron chi connectivity index (χ2n) is 6.14. The number of nitro groups is 1. The number of piperazine rings is 1. The summed E-state index contributed by atoms with van der Waals surface area (Å²) in [5, 5.41) is 10.9. The van der Waals surface area contributed by atoms with E-state index in [-0.39, 0.29) is 16.4 Å². The van der Waals surface area contributed by atoms with Crippen LogP contribution >= 0.6 is 11.8 Å². The Balaban J connectivity index is 1.78. The minimum atomic E-state index is -0.518. The van der Waals surface area contributed by atoms with Crippen LogP contribution in [0.2, 0.25) is 0 Å². The van der Waals surface area contributed by atoms with E-state index < -0.39 is 4.92 Å². The van der Waals surface area contributed by atoms with Gasteiger partial charge in [-0.05, 0) is 31.8 Å². The molecule has 0 bridgehead atoms. The quantitative estimate of drug-likeness (QED) is 0.349. The Kier molecular flexibility index (Phi) is 5.48. The number of non-ortho nitro benzene ring substituents is 1. The van der Waals surface area contributed by atoms with Crippen LogP contribution in [0.1, 0.15) is 16.1 Å². The van der Waals surface area contributed by atoms with Gasteiger partial charge in [-0.25, -0.2) is 9.97 Å². The van der Waals surface area contributed by atoms with Crippen LogP contribution in [0.5, 0.6) is 0 Å². The van der Waals surface area contributed by atoms with E-state index in [9.17, 15) is 14.9 Å². The van der Waals surface area contributed by atoms with Gasteiger partial charge in [-0.1, -0.05) is 6.07 Å². The first kappa shape index (κ1) is 18.3. The van der Waals surface area contributed by atoms with E-state index in [2.05, 4.69) is 26.8 Å². The first-order valence-electron chi connectivity index (χ1n) is 8.18. The molecule has 3 rings (SSSR count). The summed E-state index contributed by atoms with van der Waals surface area (Å²) in [6, 6.07) is 7.59. The zero-order valence-electron chi connectivity index (χ0n) is 14.6. The number of rotatable bonds is 4. The number of likely N-dealkylation sites (N-methyl/N-ethyl adjacent to an activating group) is 1. The van der Waals surface area contributed by atoms with Gasteiger partial charge >= 0.3 is 0 Å². The second-order valence-corrected chi connectivity index (χ2v) is 7.08. The number of nitrogens with zero attached hydrogens (tertiary/aromatic N) is 5. The van der Waals surface area contributed by atoms with Gasteiger partial charge in [-0.3, -0.25) is 14.9 Å². The Morgan fingerprint density at radius 3 is 2.62 bits per heavy atom. The maximum absolute atomic E-state index is 12.5. The fraction of sp³-hybridized carbons (Fsp3) is 0.353. The van der Waals surface area contributed by atoms with Gasteiger partial charge in [0.25, 0.3) is 5.69 Å². The van der Waals surface area contributed by atoms with Gasteiger partial charge < -0.3 is 9.80 Å². The van der Waals surface area contributed by atoms with Crippen molar-refractivity contribution in [2.24, 2.45) is 0 Å². The third-order valence-electron chi connectivity index (χ3n) is 4.12. The molecular formula is C17H19N5O3S. The van der Waals surface area contributed by atoms with E-state index in [0.717, 1.165) is 49.5 Å². The molecule has 9 heteroatoms. The SMILES string of the molecule is Cc1cc(N2CCN(C)CC2)nc(SC(=O)c2cccc([N+](=O)[O-])c2)n1. The number of hydrogen-bond acceptors (Lipinski definition) is 8. The third kappa shape index (κ3) is 4.36. The summed E-state index contributed by atoms with van der Waals surface area (Å²) in [5.41, 5.74) is 0.929. The molecule has 1 aromatic heterocycles. The molecule has 0 saturated carbocycles. The molecule has 1 fully saturated rings. The van der Waals surface area contributed by atoms with Gasteiger partial charge in [0.1, 0.15) is 5.82 Å². The molecule has 0 aliphatic carbocycles. The average molecular weight is 373 g/mol. The van der Waals surface area contributed by atoms with E-state index >= 15 is 0 Å². The maximum atomic E-state index is 12.5. The van der Waals surface area contributed by atoms with Gasteiger partial charge in [-0.2, -0.15) is 0 Å². The molecule has 1 aliphatic heterocycles. The first-order chi connectivity index (χ1) is 12.4. The molecule has 26 heavy (non-hydrogen) atoms. The monoisotopic (exact) mass is 373 g/mol. The normalized spacial score (nSPS) is 15.1. The highest BCUT2D eigenvalue weighted by Crippen LogP contribution is 2.25. The van der Waals surface area contributed by atoms with Gasteiger partial charge in [0.2, 0.25) is 5.12 Å². The van der Waals surface area contributed by atoms with Crippen molar-refractivity contribution in [1.29, 1.82) is 0 Å². The van der Waals surface area contributed by atoms with Crippen LogP contribution in [0, 0.1) is 17.0 Å². The van der Waals surface area contributed by atoms with Crippen molar-refractivity contribution in [1.82, 2.24) is 14.9 Å². The maximum Gasteiger partial charge on any atom is 0.270 e. The highest BCUT2D eigenvalue weighted by atomic mass is 32.2. The molecule has 0 spiro atoms. The summed E-state index contributed by atoms with van der Waals surface area (Å²) < 4.78 is 0. The lowest BCUT2D eigenvalue weighted by Gasteiger charge is -2.33. The molecule has 0 amide bonds. The Morgan fingerprint density at radius 1 is 1.19 bits per heavy atom. The largest absolute Gasteiger partial charge is 0.354 e. The predicted octanol–water partition coefficient (Wildman–Crippen LogP) is 2.38. The molecule has 8 nitrogen and oxygen atoms in total. The van der Waals surface area contributed by atoms with Crippen LogP contribution < -0.4 is 4.90 Å². The predicted molar refractivity (Wildman–Crippen MR) is 99.8 cm³/mol. The van der Waals surface area contributed by atoms with Crippen molar-refractivity contribution in [3.05, 3.63) is 51.7 Å². The Labute approximate surface area is 155 Å². The third-order valence-corrected chi connectivity index (χ3v) is 4.91. The van der Waals surface area contributed by atoms with Crippen molar-refractivity contribution in [2.45, 2.75) is 12.1 Å². The zero-order chi connectivity index (χ0) is 18.7. The molecule has 2 aromatic rings. The van der Waals surface area contributed by atoms with Gasteiger partial charge in [0, 0.05) is 55.6 Å². The Hall–Kier alpha value is -2.52. The van der Waals surface area contributed by atoms with Crippen LogP contribution in [-0.4, -0.2) is 58.1 Å². The van der Waals surface area contributed by atoms with Crippen LogP contribution in [0.25, 0.3) is 0 Å². The van der Waals surface area contributed by atoms with E-state index in [1.807, 2.05) is 13.0 Å². The van der Waals surface area contributed by atoms with Crippen molar-refractivity contribution in [2.75, 3.05) is 38.1 Å². The summed E-state index contributed by atoms with van der Waals surface area (Å²) in [5.74, 6) is 0.806. The number of carbonyl (C=O) groups is 1. The Morgan fingerprint density at radius 2 is 1.92 bits per heavy atom. The molecule has 0 atom stereocenters. The fourth-order valence-electron chi connectivity index (χ4n) is 2.66. The van der Waals surface area contributed by atoms with E-state index in [4.69, 9.17) is 0 Å². The highest BCUT2D eigenvalue weighted by Gasteiger charge is 2.19. The van der Waals surface area contributed by atoms with Gasteiger partial charge in [-0.15, -0.1) is 0 Å². The Bertz CT molecular complexity index is 837. The summed E-state index contributed by atoms with van der Waals surface area (Å²) in [6.07, 6.45) is 0. The minimum absolute atomic E-state index is 0.111. The highest BCUT2D eigenvalue weighted by molar-refractivity contribution is 8.14. The number of nitro benzene ring substituents is 1. The zero-order valence-corrected chi connectivity index (χ0v) is 15.4. The van der Waals surface area contributed by atoms with E-state index in [1.165, 1.54) is 18.2 Å². The number of aromatic nitrogens is 2. The van der Waals surface area contributed by atoms with Crippen LogP contribution in [0.4, 0.5) is 11.5 Å². The summed E-state index contributed by atoms with van der Waals surface area (Å²) in [6.45, 7) is 5.52. The lowest BCUT2D eigenvalue weighted by Crippen LogP contribution is -2.44. The summed E-state index contributed by atoms with van der Waals surface area (Å²) >= 11 is 0.889. The van der Waals surface area contributed by atoms with Crippen LogP contribution in [0.15, 0.2) is 35.5 Å². The molecule has 0 unspecified atom stereocenters. The van der Waals surface area contributed by atoms with Crippen molar-refractivity contribution >= 4 is 28.4 Å². The second kappa shape index (κ2) is 7.79. The lowest BCUT2D eigenvalue weighted by atomic mass is 10.2. The number of aryl methyl sites for hydroxylation is 1. The summed E-state index contributed by atoms with van der Waals surface area (Å²) in [7, 11) is 2.08. The lowest BCUT2D eigenvalue weighted by molar-refractivity contribution is -0.384. The molecule has 1 aromatic carbocycles. The molecule has 1 saturated heterocycles.